The van der Waals surface area contributed by atoms with E-state index in [2.05, 4.69) is 60.7 Å². The van der Waals surface area contributed by atoms with E-state index in [4.69, 9.17) is 0 Å². The lowest BCUT2D eigenvalue weighted by Crippen LogP contribution is -2.19. The molecule has 0 spiro atoms. The quantitative estimate of drug-likeness (QED) is 0.228. The van der Waals surface area contributed by atoms with Gasteiger partial charge in [-0.25, -0.2) is 4.98 Å². The number of hydrogen-bond acceptors (Lipinski definition) is 3. The number of aromatic nitrogens is 2. The number of carbonyl (C=O) groups excluding carboxylic acids is 1. The van der Waals surface area contributed by atoms with Crippen molar-refractivity contribution in [1.82, 2.24) is 14.3 Å². The molecule has 0 amide bonds. The van der Waals surface area contributed by atoms with Crippen molar-refractivity contribution < 1.29 is 4.79 Å². The molecule has 0 N–H and O–H groups in total. The maximum Gasteiger partial charge on any atom is 0.167 e. The molecule has 0 radical (unpaired) electrons. The molecule has 1 aliphatic heterocycles. The standard InChI is InChI=1S/C30H29N3O.C3H8/c1-22-8-10-26(19-25(22)12-13-28-20-31-30-7-3-4-16-33(28)30)29(34)18-24-9-11-27(23(2)17-24)21-32-14-5-6-15-32;1-3-2/h3-4,7-11,16-17,19-20H,5-6,14-15,18,21H2,1-2H3;3H2,1-2H3. The van der Waals surface area contributed by atoms with Crippen molar-refractivity contribution >= 4 is 11.4 Å². The summed E-state index contributed by atoms with van der Waals surface area (Å²) in [5.74, 6) is 6.58. The number of nitrogens with zero attached hydrogens (tertiary/aromatic N) is 3. The van der Waals surface area contributed by atoms with Crippen LogP contribution in [0.3, 0.4) is 0 Å². The van der Waals surface area contributed by atoms with Crippen molar-refractivity contribution in [3.05, 3.63) is 106 Å². The Kier molecular flexibility index (Phi) is 8.93. The molecule has 0 atom stereocenters. The van der Waals surface area contributed by atoms with E-state index in [0.29, 0.717) is 12.0 Å². The molecule has 5 rings (SSSR count). The van der Waals surface area contributed by atoms with Crippen LogP contribution in [0.25, 0.3) is 5.65 Å². The summed E-state index contributed by atoms with van der Waals surface area (Å²) in [6.45, 7) is 11.8. The summed E-state index contributed by atoms with van der Waals surface area (Å²) in [6.07, 6.45) is 7.98. The van der Waals surface area contributed by atoms with Gasteiger partial charge in [0.2, 0.25) is 0 Å². The first-order valence-electron chi connectivity index (χ1n) is 13.4. The highest BCUT2D eigenvalue weighted by atomic mass is 16.1. The van der Waals surface area contributed by atoms with Crippen LogP contribution in [0.15, 0.2) is 67.0 Å². The Bertz CT molecular complexity index is 1430. The zero-order chi connectivity index (χ0) is 26.2. The Labute approximate surface area is 221 Å². The fraction of sp³-hybridized carbons (Fsp3) is 0.333. The number of hydrogen-bond donors (Lipinski definition) is 0. The lowest BCUT2D eigenvalue weighted by Gasteiger charge is -2.17. The molecule has 37 heavy (non-hydrogen) atoms. The van der Waals surface area contributed by atoms with E-state index < -0.39 is 0 Å². The topological polar surface area (TPSA) is 37.6 Å². The van der Waals surface area contributed by atoms with Crippen LogP contribution in [0.4, 0.5) is 0 Å². The summed E-state index contributed by atoms with van der Waals surface area (Å²) < 4.78 is 1.97. The number of rotatable bonds is 5. The van der Waals surface area contributed by atoms with Crippen LogP contribution < -0.4 is 0 Å². The number of aryl methyl sites for hydroxylation is 2. The number of imidazole rings is 1. The highest BCUT2D eigenvalue weighted by Gasteiger charge is 2.14. The van der Waals surface area contributed by atoms with Crippen LogP contribution in [0.1, 0.15) is 77.0 Å². The fourth-order valence-corrected chi connectivity index (χ4v) is 4.60. The summed E-state index contributed by atoms with van der Waals surface area (Å²) in [5.41, 5.74) is 8.01. The lowest BCUT2D eigenvalue weighted by atomic mass is 9.97. The Balaban J connectivity index is 0.00000102. The number of likely N-dealkylation sites (tertiary alicyclic amines) is 1. The molecule has 4 nitrogen and oxygen atoms in total. The Hall–Kier alpha value is -3.68. The Morgan fingerprint density at radius 1 is 0.946 bits per heavy atom. The first kappa shape index (κ1) is 26.4. The minimum Gasteiger partial charge on any atom is -0.299 e. The average molecular weight is 492 g/mol. The van der Waals surface area contributed by atoms with Gasteiger partial charge in [-0.05, 0) is 86.2 Å². The van der Waals surface area contributed by atoms with Gasteiger partial charge < -0.3 is 0 Å². The Morgan fingerprint density at radius 3 is 2.49 bits per heavy atom. The molecule has 1 saturated heterocycles. The predicted molar refractivity (Wildman–Crippen MR) is 152 cm³/mol. The molecule has 2 aromatic heterocycles. The van der Waals surface area contributed by atoms with Gasteiger partial charge in [-0.3, -0.25) is 14.1 Å². The van der Waals surface area contributed by atoms with Crippen molar-refractivity contribution in [2.24, 2.45) is 0 Å². The van der Waals surface area contributed by atoms with Gasteiger partial charge in [-0.15, -0.1) is 0 Å². The molecule has 4 heteroatoms. The van der Waals surface area contributed by atoms with E-state index >= 15 is 0 Å². The molecule has 4 aromatic rings. The van der Waals surface area contributed by atoms with Gasteiger partial charge >= 0.3 is 0 Å². The van der Waals surface area contributed by atoms with Crippen molar-refractivity contribution in [2.45, 2.75) is 59.9 Å². The van der Waals surface area contributed by atoms with Crippen molar-refractivity contribution in [3.63, 3.8) is 0 Å². The first-order valence-corrected chi connectivity index (χ1v) is 13.4. The van der Waals surface area contributed by atoms with Crippen LogP contribution in [0.2, 0.25) is 0 Å². The van der Waals surface area contributed by atoms with Crippen LogP contribution in [-0.4, -0.2) is 33.2 Å². The molecule has 0 bridgehead atoms. The number of carbonyl (C=O) groups is 1. The minimum absolute atomic E-state index is 0.115. The molecule has 190 valence electrons. The van der Waals surface area contributed by atoms with Crippen molar-refractivity contribution in [1.29, 1.82) is 0 Å². The van der Waals surface area contributed by atoms with Crippen molar-refractivity contribution in [2.75, 3.05) is 13.1 Å². The molecule has 2 aromatic carbocycles. The monoisotopic (exact) mass is 491 g/mol. The van der Waals surface area contributed by atoms with Gasteiger partial charge in [0.15, 0.2) is 5.78 Å². The third kappa shape index (κ3) is 6.76. The van der Waals surface area contributed by atoms with E-state index in [0.717, 1.165) is 34.6 Å². The van der Waals surface area contributed by atoms with Gasteiger partial charge in [-0.2, -0.15) is 0 Å². The number of Topliss-reactive ketones (excluding diaryl/α,β-unsaturated/α-hetero) is 1. The number of fused-ring (bicyclic) bond motifs is 1. The molecule has 1 fully saturated rings. The van der Waals surface area contributed by atoms with Gasteiger partial charge in [0.05, 0.1) is 6.20 Å². The minimum atomic E-state index is 0.115. The summed E-state index contributed by atoms with van der Waals surface area (Å²) >= 11 is 0. The normalized spacial score (nSPS) is 13.1. The number of ketones is 1. The summed E-state index contributed by atoms with van der Waals surface area (Å²) in [4.78, 5) is 20.0. The highest BCUT2D eigenvalue weighted by molar-refractivity contribution is 5.98. The molecule has 0 saturated carbocycles. The largest absolute Gasteiger partial charge is 0.299 e. The number of benzene rings is 2. The zero-order valence-corrected chi connectivity index (χ0v) is 22.6. The summed E-state index contributed by atoms with van der Waals surface area (Å²) in [6, 6.07) is 18.2. The maximum absolute atomic E-state index is 13.1. The van der Waals surface area contributed by atoms with Crippen molar-refractivity contribution in [3.8, 4) is 11.8 Å². The van der Waals surface area contributed by atoms with Crippen LogP contribution in [0.5, 0.6) is 0 Å². The third-order valence-electron chi connectivity index (χ3n) is 6.67. The van der Waals surface area contributed by atoms with Gasteiger partial charge in [0, 0.05) is 30.3 Å². The summed E-state index contributed by atoms with van der Waals surface area (Å²) in [7, 11) is 0. The van der Waals surface area contributed by atoms with Crippen LogP contribution in [-0.2, 0) is 13.0 Å². The SMILES string of the molecule is CCC.Cc1ccc(C(=O)Cc2ccc(CN3CCCC3)c(C)c2)cc1C#Cc1cnc2ccccn12. The molecule has 1 aliphatic rings. The Morgan fingerprint density at radius 2 is 1.73 bits per heavy atom. The van der Waals surface area contributed by atoms with Crippen LogP contribution >= 0.6 is 0 Å². The molecule has 0 aliphatic carbocycles. The van der Waals surface area contributed by atoms with Gasteiger partial charge in [0.25, 0.3) is 0 Å². The highest BCUT2D eigenvalue weighted by Crippen LogP contribution is 2.19. The van der Waals surface area contributed by atoms with E-state index in [9.17, 15) is 4.79 Å². The van der Waals surface area contributed by atoms with Gasteiger partial charge in [-0.1, -0.05) is 62.6 Å². The first-order chi connectivity index (χ1) is 18.0. The average Bonchev–Trinajstić information content (AvgIpc) is 3.56. The summed E-state index contributed by atoms with van der Waals surface area (Å²) in [5, 5.41) is 0. The predicted octanol–water partition coefficient (Wildman–Crippen LogP) is 6.79. The molecular formula is C33H37N3O. The second-order valence-corrected chi connectivity index (χ2v) is 9.90. The second kappa shape index (κ2) is 12.5. The maximum atomic E-state index is 13.1. The van der Waals surface area contributed by atoms with Crippen LogP contribution in [0, 0.1) is 25.7 Å². The van der Waals surface area contributed by atoms with E-state index in [1.165, 1.54) is 43.5 Å². The molecular weight excluding hydrogens is 454 g/mol. The van der Waals surface area contributed by atoms with E-state index in [-0.39, 0.29) is 5.78 Å². The van der Waals surface area contributed by atoms with E-state index in [1.807, 2.05) is 53.9 Å². The van der Waals surface area contributed by atoms with Gasteiger partial charge in [0.1, 0.15) is 11.3 Å². The number of pyridine rings is 1. The lowest BCUT2D eigenvalue weighted by molar-refractivity contribution is 0.0993. The molecule has 0 unspecified atom stereocenters. The zero-order valence-electron chi connectivity index (χ0n) is 22.6. The van der Waals surface area contributed by atoms with E-state index in [1.54, 1.807) is 6.20 Å². The third-order valence-corrected chi connectivity index (χ3v) is 6.67. The second-order valence-electron chi connectivity index (χ2n) is 9.90. The molecule has 3 heterocycles. The smallest absolute Gasteiger partial charge is 0.167 e. The fourth-order valence-electron chi connectivity index (χ4n) is 4.60.